The number of likely N-dealkylation sites (tertiary alicyclic amines) is 1. The van der Waals surface area contributed by atoms with Gasteiger partial charge in [-0.2, -0.15) is 0 Å². The standard InChI is InChI=1S/C10H18N2O2/c1-2-3-4-10(13)12-7-5-9(11-14)6-8-12/h14H,2-8H2,1H3. The molecule has 1 N–H and O–H groups in total. The Balaban J connectivity index is 2.30. The van der Waals surface area contributed by atoms with Crippen LogP contribution in [0.15, 0.2) is 5.16 Å². The van der Waals surface area contributed by atoms with E-state index in [9.17, 15) is 4.79 Å². The van der Waals surface area contributed by atoms with E-state index in [4.69, 9.17) is 5.21 Å². The summed E-state index contributed by atoms with van der Waals surface area (Å²) in [4.78, 5) is 13.4. The Morgan fingerprint density at radius 2 is 2.14 bits per heavy atom. The van der Waals surface area contributed by atoms with Crippen LogP contribution in [0, 0.1) is 0 Å². The average Bonchev–Trinajstić information content (AvgIpc) is 2.26. The van der Waals surface area contributed by atoms with Gasteiger partial charge in [-0.3, -0.25) is 4.79 Å². The van der Waals surface area contributed by atoms with Crippen LogP contribution >= 0.6 is 0 Å². The number of hydrogen-bond acceptors (Lipinski definition) is 3. The largest absolute Gasteiger partial charge is 0.411 e. The molecule has 1 rings (SSSR count). The van der Waals surface area contributed by atoms with Gasteiger partial charge in [0.05, 0.1) is 5.71 Å². The van der Waals surface area contributed by atoms with E-state index in [1.54, 1.807) is 0 Å². The van der Waals surface area contributed by atoms with Crippen molar-refractivity contribution < 1.29 is 10.0 Å². The third-order valence-corrected chi connectivity index (χ3v) is 2.58. The van der Waals surface area contributed by atoms with Crippen molar-refractivity contribution in [3.8, 4) is 0 Å². The van der Waals surface area contributed by atoms with Crippen LogP contribution in [0.3, 0.4) is 0 Å². The second kappa shape index (κ2) is 5.62. The second-order valence-electron chi connectivity index (χ2n) is 3.65. The van der Waals surface area contributed by atoms with Gasteiger partial charge in [0, 0.05) is 32.4 Å². The Labute approximate surface area is 84.6 Å². The van der Waals surface area contributed by atoms with Crippen molar-refractivity contribution in [1.82, 2.24) is 4.90 Å². The summed E-state index contributed by atoms with van der Waals surface area (Å²) < 4.78 is 0. The lowest BCUT2D eigenvalue weighted by Gasteiger charge is -2.27. The molecular weight excluding hydrogens is 180 g/mol. The lowest BCUT2D eigenvalue weighted by Crippen LogP contribution is -2.38. The molecule has 1 heterocycles. The molecular formula is C10H18N2O2. The topological polar surface area (TPSA) is 52.9 Å². The summed E-state index contributed by atoms with van der Waals surface area (Å²) in [6.45, 7) is 3.50. The van der Waals surface area contributed by atoms with E-state index in [0.29, 0.717) is 32.4 Å². The molecule has 0 aromatic carbocycles. The molecule has 0 spiro atoms. The molecule has 4 heteroatoms. The lowest BCUT2D eigenvalue weighted by molar-refractivity contribution is -0.131. The number of piperidine rings is 1. The molecule has 14 heavy (non-hydrogen) atoms. The SMILES string of the molecule is CCCCC(=O)N1CCC(=NO)CC1. The highest BCUT2D eigenvalue weighted by molar-refractivity contribution is 5.87. The summed E-state index contributed by atoms with van der Waals surface area (Å²) >= 11 is 0. The Bertz CT molecular complexity index is 216. The van der Waals surface area contributed by atoms with Gasteiger partial charge in [0.25, 0.3) is 0 Å². The number of nitrogens with zero attached hydrogens (tertiary/aromatic N) is 2. The molecule has 1 saturated heterocycles. The number of rotatable bonds is 3. The average molecular weight is 198 g/mol. The van der Waals surface area contributed by atoms with Crippen LogP contribution in [0.1, 0.15) is 39.0 Å². The van der Waals surface area contributed by atoms with Crippen molar-refractivity contribution in [2.24, 2.45) is 5.16 Å². The summed E-state index contributed by atoms with van der Waals surface area (Å²) in [5, 5.41) is 11.7. The molecule has 1 aliphatic rings. The van der Waals surface area contributed by atoms with Crippen molar-refractivity contribution in [3.63, 3.8) is 0 Å². The van der Waals surface area contributed by atoms with Crippen LogP contribution in [0.25, 0.3) is 0 Å². The minimum absolute atomic E-state index is 0.240. The van der Waals surface area contributed by atoms with Crippen LogP contribution in [0.5, 0.6) is 0 Å². The summed E-state index contributed by atoms with van der Waals surface area (Å²) in [5.41, 5.74) is 0.810. The van der Waals surface area contributed by atoms with Crippen molar-refractivity contribution >= 4 is 11.6 Å². The first-order valence-electron chi connectivity index (χ1n) is 5.25. The molecule has 0 saturated carbocycles. The zero-order valence-electron chi connectivity index (χ0n) is 8.70. The maximum absolute atomic E-state index is 11.6. The van der Waals surface area contributed by atoms with Crippen LogP contribution in [0.4, 0.5) is 0 Å². The molecule has 0 aromatic heterocycles. The van der Waals surface area contributed by atoms with Gasteiger partial charge in [-0.25, -0.2) is 0 Å². The zero-order valence-corrected chi connectivity index (χ0v) is 8.70. The van der Waals surface area contributed by atoms with Crippen molar-refractivity contribution in [1.29, 1.82) is 0 Å². The first kappa shape index (κ1) is 11.0. The molecule has 0 aliphatic carbocycles. The minimum Gasteiger partial charge on any atom is -0.411 e. The number of amides is 1. The summed E-state index contributed by atoms with van der Waals surface area (Å²) in [6, 6.07) is 0. The fourth-order valence-electron chi connectivity index (χ4n) is 1.60. The van der Waals surface area contributed by atoms with Gasteiger partial charge >= 0.3 is 0 Å². The molecule has 0 unspecified atom stereocenters. The van der Waals surface area contributed by atoms with E-state index in [-0.39, 0.29) is 5.91 Å². The monoisotopic (exact) mass is 198 g/mol. The number of carbonyl (C=O) groups excluding carboxylic acids is 1. The maximum Gasteiger partial charge on any atom is 0.222 e. The highest BCUT2D eigenvalue weighted by atomic mass is 16.4. The number of unbranched alkanes of at least 4 members (excludes halogenated alkanes) is 1. The van der Waals surface area contributed by atoms with Gasteiger partial charge in [0.15, 0.2) is 0 Å². The first-order chi connectivity index (χ1) is 6.77. The van der Waals surface area contributed by atoms with E-state index in [1.807, 2.05) is 4.90 Å². The second-order valence-corrected chi connectivity index (χ2v) is 3.65. The maximum atomic E-state index is 11.6. The predicted molar refractivity (Wildman–Crippen MR) is 54.6 cm³/mol. The molecule has 80 valence electrons. The number of hydrogen-bond donors (Lipinski definition) is 1. The molecule has 0 bridgehead atoms. The van der Waals surface area contributed by atoms with E-state index in [1.165, 1.54) is 0 Å². The smallest absolute Gasteiger partial charge is 0.222 e. The fraction of sp³-hybridized carbons (Fsp3) is 0.800. The van der Waals surface area contributed by atoms with Crippen molar-refractivity contribution in [2.45, 2.75) is 39.0 Å². The third kappa shape index (κ3) is 3.01. The quantitative estimate of drug-likeness (QED) is 0.553. The Morgan fingerprint density at radius 1 is 1.50 bits per heavy atom. The Morgan fingerprint density at radius 3 is 2.64 bits per heavy atom. The lowest BCUT2D eigenvalue weighted by atomic mass is 10.1. The van der Waals surface area contributed by atoms with Crippen LogP contribution in [-0.4, -0.2) is 34.8 Å². The Kier molecular flexibility index (Phi) is 4.43. The zero-order chi connectivity index (χ0) is 10.4. The molecule has 1 fully saturated rings. The molecule has 0 radical (unpaired) electrons. The van der Waals surface area contributed by atoms with E-state index in [0.717, 1.165) is 18.6 Å². The summed E-state index contributed by atoms with van der Waals surface area (Å²) in [5.74, 6) is 0.240. The molecule has 0 aromatic rings. The molecule has 0 atom stereocenters. The van der Waals surface area contributed by atoms with E-state index < -0.39 is 0 Å². The summed E-state index contributed by atoms with van der Waals surface area (Å²) in [6.07, 6.45) is 4.12. The van der Waals surface area contributed by atoms with Gasteiger partial charge < -0.3 is 10.1 Å². The fourth-order valence-corrected chi connectivity index (χ4v) is 1.60. The molecule has 4 nitrogen and oxygen atoms in total. The van der Waals surface area contributed by atoms with Crippen LogP contribution in [-0.2, 0) is 4.79 Å². The first-order valence-corrected chi connectivity index (χ1v) is 5.25. The van der Waals surface area contributed by atoms with Crippen molar-refractivity contribution in [3.05, 3.63) is 0 Å². The van der Waals surface area contributed by atoms with E-state index >= 15 is 0 Å². The van der Waals surface area contributed by atoms with Gasteiger partial charge in [0.1, 0.15) is 0 Å². The highest BCUT2D eigenvalue weighted by Gasteiger charge is 2.19. The molecule has 1 aliphatic heterocycles. The van der Waals surface area contributed by atoms with E-state index in [2.05, 4.69) is 12.1 Å². The van der Waals surface area contributed by atoms with Crippen LogP contribution < -0.4 is 0 Å². The van der Waals surface area contributed by atoms with Crippen molar-refractivity contribution in [2.75, 3.05) is 13.1 Å². The van der Waals surface area contributed by atoms with Gasteiger partial charge in [-0.05, 0) is 6.42 Å². The predicted octanol–water partition coefficient (Wildman–Crippen LogP) is 1.63. The van der Waals surface area contributed by atoms with Gasteiger partial charge in [-0.15, -0.1) is 0 Å². The number of carbonyl (C=O) groups is 1. The van der Waals surface area contributed by atoms with Gasteiger partial charge in [-0.1, -0.05) is 18.5 Å². The number of oxime groups is 1. The molecule has 1 amide bonds. The highest BCUT2D eigenvalue weighted by Crippen LogP contribution is 2.09. The minimum atomic E-state index is 0.240. The summed E-state index contributed by atoms with van der Waals surface area (Å²) in [7, 11) is 0. The Hall–Kier alpha value is -1.06. The third-order valence-electron chi connectivity index (χ3n) is 2.58. The van der Waals surface area contributed by atoms with Gasteiger partial charge in [0.2, 0.25) is 5.91 Å². The normalized spacial score (nSPS) is 16.9. The van der Waals surface area contributed by atoms with Crippen LogP contribution in [0.2, 0.25) is 0 Å².